The number of methoxy groups -OCH3 is 1. The van der Waals surface area contributed by atoms with Gasteiger partial charge < -0.3 is 23.7 Å². The largest absolute Gasteiger partial charge is 0.504 e. The van der Waals surface area contributed by atoms with Crippen LogP contribution in [0.5, 0.6) is 17.2 Å². The Balaban J connectivity index is 1.95. The molecule has 0 saturated carbocycles. The molecule has 0 unspecified atom stereocenters. The Hall–Kier alpha value is -3.48. The highest BCUT2D eigenvalue weighted by Crippen LogP contribution is 2.45. The maximum Gasteiger partial charge on any atom is 0.348 e. The number of aromatic hydroxyl groups is 1. The van der Waals surface area contributed by atoms with Gasteiger partial charge in [0.2, 0.25) is 6.10 Å². The number of ether oxygens (including phenoxy) is 3. The van der Waals surface area contributed by atoms with Crippen LogP contribution in [0.3, 0.4) is 0 Å². The van der Waals surface area contributed by atoms with Crippen LogP contribution in [0.1, 0.15) is 24.0 Å². The van der Waals surface area contributed by atoms with Gasteiger partial charge in [-0.25, -0.2) is 9.59 Å². The number of para-hydroxylation sites is 1. The van der Waals surface area contributed by atoms with E-state index in [4.69, 9.17) is 18.6 Å². The van der Waals surface area contributed by atoms with E-state index in [1.54, 1.807) is 43.3 Å². The molecule has 7 heteroatoms. The third-order valence-corrected chi connectivity index (χ3v) is 4.74. The molecule has 0 radical (unpaired) electrons. The van der Waals surface area contributed by atoms with Crippen LogP contribution in [0.15, 0.2) is 51.7 Å². The summed E-state index contributed by atoms with van der Waals surface area (Å²) in [4.78, 5) is 25.4. The number of phenolic OH excluding ortho intramolecular Hbond substituents is 1. The molecule has 1 aliphatic rings. The second-order valence-electron chi connectivity index (χ2n) is 6.33. The maximum absolute atomic E-state index is 12.8. The quantitative estimate of drug-likeness (QED) is 0.547. The molecule has 2 heterocycles. The molecule has 3 aromatic rings. The minimum Gasteiger partial charge on any atom is -0.504 e. The minimum atomic E-state index is -1.06. The van der Waals surface area contributed by atoms with E-state index in [-0.39, 0.29) is 23.7 Å². The number of hydrogen-bond donors (Lipinski definition) is 1. The van der Waals surface area contributed by atoms with Crippen molar-refractivity contribution in [1.82, 2.24) is 0 Å². The molecule has 28 heavy (non-hydrogen) atoms. The van der Waals surface area contributed by atoms with Gasteiger partial charge in [-0.05, 0) is 36.8 Å². The van der Waals surface area contributed by atoms with E-state index in [9.17, 15) is 14.7 Å². The molecule has 2 aromatic carbocycles. The standard InChI is InChI=1S/C21H18O7/c1-3-26-21(24)19-16(11-8-9-13(22)15(10-11)25-2)17-18(28-19)12-6-4-5-7-14(12)27-20(17)23/h4-10,16,19,22H,3H2,1-2H3/t16-,19-/m1/s1. The number of phenols is 1. The summed E-state index contributed by atoms with van der Waals surface area (Å²) >= 11 is 0. The third kappa shape index (κ3) is 2.76. The molecule has 1 aromatic heterocycles. The minimum absolute atomic E-state index is 0.0522. The van der Waals surface area contributed by atoms with Gasteiger partial charge in [-0.15, -0.1) is 0 Å². The number of fused-ring (bicyclic) bond motifs is 3. The zero-order valence-electron chi connectivity index (χ0n) is 15.3. The van der Waals surface area contributed by atoms with E-state index < -0.39 is 23.6 Å². The fourth-order valence-electron chi connectivity index (χ4n) is 3.52. The fourth-order valence-corrected chi connectivity index (χ4v) is 3.52. The Kier molecular flexibility index (Phi) is 4.43. The second-order valence-corrected chi connectivity index (χ2v) is 6.33. The molecule has 0 aliphatic carbocycles. The zero-order chi connectivity index (χ0) is 19.8. The molecule has 1 N–H and O–H groups in total. The summed E-state index contributed by atoms with van der Waals surface area (Å²) < 4.78 is 21.7. The first-order chi connectivity index (χ1) is 13.5. The van der Waals surface area contributed by atoms with Crippen molar-refractivity contribution in [2.75, 3.05) is 13.7 Å². The van der Waals surface area contributed by atoms with E-state index in [1.807, 2.05) is 0 Å². The summed E-state index contributed by atoms with van der Waals surface area (Å²) in [5, 5.41) is 10.5. The summed E-state index contributed by atoms with van der Waals surface area (Å²) in [5.41, 5.74) is 0.592. The van der Waals surface area contributed by atoms with Crippen molar-refractivity contribution >= 4 is 16.9 Å². The van der Waals surface area contributed by atoms with Crippen molar-refractivity contribution in [2.45, 2.75) is 18.9 Å². The lowest BCUT2D eigenvalue weighted by Crippen LogP contribution is -2.32. The third-order valence-electron chi connectivity index (χ3n) is 4.74. The summed E-state index contributed by atoms with van der Waals surface area (Å²) in [7, 11) is 1.42. The van der Waals surface area contributed by atoms with Gasteiger partial charge in [0.1, 0.15) is 11.3 Å². The van der Waals surface area contributed by atoms with Crippen molar-refractivity contribution in [3.63, 3.8) is 0 Å². The number of carbonyl (C=O) groups is 1. The zero-order valence-corrected chi connectivity index (χ0v) is 15.3. The highest BCUT2D eigenvalue weighted by molar-refractivity contribution is 5.88. The topological polar surface area (TPSA) is 95.2 Å². The van der Waals surface area contributed by atoms with Crippen LogP contribution in [0.25, 0.3) is 11.0 Å². The van der Waals surface area contributed by atoms with Crippen LogP contribution in [0.4, 0.5) is 0 Å². The molecule has 0 amide bonds. The van der Waals surface area contributed by atoms with Crippen LogP contribution in [-0.4, -0.2) is 30.9 Å². The summed E-state index contributed by atoms with van der Waals surface area (Å²) in [5.74, 6) is -0.868. The molecular formula is C21H18O7. The second kappa shape index (κ2) is 6.92. The van der Waals surface area contributed by atoms with Crippen molar-refractivity contribution in [3.8, 4) is 17.2 Å². The van der Waals surface area contributed by atoms with Crippen LogP contribution >= 0.6 is 0 Å². The molecule has 1 aliphatic heterocycles. The van der Waals surface area contributed by atoms with Gasteiger partial charge in [-0.2, -0.15) is 0 Å². The normalized spacial score (nSPS) is 17.8. The van der Waals surface area contributed by atoms with Gasteiger partial charge in [-0.3, -0.25) is 0 Å². The molecule has 7 nitrogen and oxygen atoms in total. The van der Waals surface area contributed by atoms with E-state index in [2.05, 4.69) is 0 Å². The summed E-state index contributed by atoms with van der Waals surface area (Å²) in [6.07, 6.45) is -1.06. The van der Waals surface area contributed by atoms with E-state index in [1.165, 1.54) is 13.2 Å². The lowest BCUT2D eigenvalue weighted by atomic mass is 9.88. The fraction of sp³-hybridized carbons (Fsp3) is 0.238. The smallest absolute Gasteiger partial charge is 0.348 e. The maximum atomic E-state index is 12.8. The van der Waals surface area contributed by atoms with Crippen LogP contribution < -0.4 is 15.1 Å². The predicted octanol–water partition coefficient (Wildman–Crippen LogP) is 2.96. The first kappa shape index (κ1) is 17.9. The van der Waals surface area contributed by atoms with Crippen molar-refractivity contribution in [3.05, 3.63) is 64.0 Å². The lowest BCUT2D eigenvalue weighted by Gasteiger charge is -2.18. The number of esters is 1. The number of rotatable bonds is 4. The number of carbonyl (C=O) groups excluding carboxylic acids is 1. The van der Waals surface area contributed by atoms with Crippen molar-refractivity contribution in [1.29, 1.82) is 0 Å². The molecule has 144 valence electrons. The Morgan fingerprint density at radius 3 is 2.75 bits per heavy atom. The summed E-state index contributed by atoms with van der Waals surface area (Å²) in [6.45, 7) is 1.87. The van der Waals surface area contributed by atoms with Gasteiger partial charge >= 0.3 is 11.6 Å². The van der Waals surface area contributed by atoms with Gasteiger partial charge in [0.15, 0.2) is 11.5 Å². The van der Waals surface area contributed by atoms with Gasteiger partial charge in [-0.1, -0.05) is 18.2 Å². The highest BCUT2D eigenvalue weighted by Gasteiger charge is 2.45. The molecule has 0 fully saturated rings. The first-order valence-corrected chi connectivity index (χ1v) is 8.81. The monoisotopic (exact) mass is 382 g/mol. The Labute approximate surface area is 160 Å². The van der Waals surface area contributed by atoms with Crippen molar-refractivity contribution < 1.29 is 28.5 Å². The average Bonchev–Trinajstić information content (AvgIpc) is 3.10. The van der Waals surface area contributed by atoms with Crippen LogP contribution in [0, 0.1) is 0 Å². The van der Waals surface area contributed by atoms with Crippen LogP contribution in [0.2, 0.25) is 0 Å². The molecule has 0 spiro atoms. The van der Waals surface area contributed by atoms with E-state index >= 15 is 0 Å². The predicted molar refractivity (Wildman–Crippen MR) is 100 cm³/mol. The SMILES string of the molecule is CCOC(=O)[C@@H]1Oc2c(c(=O)oc3ccccc23)[C@H]1c1ccc(O)c(OC)c1. The van der Waals surface area contributed by atoms with E-state index in [0.717, 1.165) is 0 Å². The lowest BCUT2D eigenvalue weighted by molar-refractivity contribution is -0.151. The van der Waals surface area contributed by atoms with Gasteiger partial charge in [0, 0.05) is 0 Å². The summed E-state index contributed by atoms with van der Waals surface area (Å²) in [6, 6.07) is 11.6. The Morgan fingerprint density at radius 1 is 1.21 bits per heavy atom. The molecule has 4 rings (SSSR count). The molecular weight excluding hydrogens is 364 g/mol. The number of hydrogen-bond acceptors (Lipinski definition) is 7. The Bertz CT molecular complexity index is 1120. The van der Waals surface area contributed by atoms with E-state index in [0.29, 0.717) is 22.3 Å². The average molecular weight is 382 g/mol. The highest BCUT2D eigenvalue weighted by atomic mass is 16.6. The first-order valence-electron chi connectivity index (χ1n) is 8.81. The van der Waals surface area contributed by atoms with Crippen LogP contribution in [-0.2, 0) is 9.53 Å². The van der Waals surface area contributed by atoms with Gasteiger partial charge in [0.25, 0.3) is 0 Å². The number of benzene rings is 2. The molecule has 0 saturated heterocycles. The van der Waals surface area contributed by atoms with Gasteiger partial charge in [0.05, 0.1) is 30.6 Å². The molecule has 2 atom stereocenters. The Morgan fingerprint density at radius 2 is 2.00 bits per heavy atom. The molecule has 0 bridgehead atoms. The van der Waals surface area contributed by atoms with Crippen molar-refractivity contribution in [2.24, 2.45) is 0 Å².